The molecule has 0 aliphatic carbocycles. The van der Waals surface area contributed by atoms with Gasteiger partial charge in [0.15, 0.2) is 0 Å². The highest BCUT2D eigenvalue weighted by molar-refractivity contribution is 5.79. The number of hydrogen-bond acceptors (Lipinski definition) is 4. The lowest BCUT2D eigenvalue weighted by Gasteiger charge is -2.09. The third-order valence-electron chi connectivity index (χ3n) is 5.15. The molecule has 1 aromatic heterocycles. The summed E-state index contributed by atoms with van der Waals surface area (Å²) in [7, 11) is 0. The molecule has 0 unspecified atom stereocenters. The zero-order chi connectivity index (χ0) is 21.8. The molecule has 5 aromatic rings. The molecular formula is C28H20O4. The molecule has 0 radical (unpaired) electrons. The molecule has 0 amide bonds. The lowest BCUT2D eigenvalue weighted by molar-refractivity contribution is 0.306. The summed E-state index contributed by atoms with van der Waals surface area (Å²) in [5.74, 6) is 1.34. The van der Waals surface area contributed by atoms with Crippen LogP contribution in [0, 0.1) is 0 Å². The highest BCUT2D eigenvalue weighted by atomic mass is 16.5. The van der Waals surface area contributed by atoms with Crippen molar-refractivity contribution in [2.75, 3.05) is 0 Å². The number of benzene rings is 4. The lowest BCUT2D eigenvalue weighted by Crippen LogP contribution is -2.05. The molecule has 1 heterocycles. The van der Waals surface area contributed by atoms with Crippen LogP contribution in [0.2, 0.25) is 0 Å². The normalized spacial score (nSPS) is 10.8. The molecule has 4 nitrogen and oxygen atoms in total. The Morgan fingerprint density at radius 2 is 1.34 bits per heavy atom. The van der Waals surface area contributed by atoms with Crippen LogP contribution >= 0.6 is 0 Å². The van der Waals surface area contributed by atoms with Gasteiger partial charge < -0.3 is 13.9 Å². The molecule has 0 spiro atoms. The van der Waals surface area contributed by atoms with E-state index in [9.17, 15) is 4.79 Å². The van der Waals surface area contributed by atoms with E-state index >= 15 is 0 Å². The van der Waals surface area contributed by atoms with Crippen molar-refractivity contribution >= 4 is 11.0 Å². The zero-order valence-corrected chi connectivity index (χ0v) is 17.2. The molecule has 0 saturated carbocycles. The van der Waals surface area contributed by atoms with Gasteiger partial charge in [0, 0.05) is 6.07 Å². The third kappa shape index (κ3) is 4.25. The fourth-order valence-electron chi connectivity index (χ4n) is 3.47. The van der Waals surface area contributed by atoms with E-state index in [0.717, 1.165) is 16.7 Å². The maximum absolute atomic E-state index is 12.9. The molecule has 156 valence electrons. The maximum Gasteiger partial charge on any atom is 0.235 e. The Morgan fingerprint density at radius 3 is 2.09 bits per heavy atom. The Balaban J connectivity index is 1.33. The summed E-state index contributed by atoms with van der Waals surface area (Å²) >= 11 is 0. The van der Waals surface area contributed by atoms with Crippen molar-refractivity contribution in [3.05, 3.63) is 125 Å². The largest absolute Gasteiger partial charge is 0.489 e. The van der Waals surface area contributed by atoms with Crippen LogP contribution in [-0.4, -0.2) is 0 Å². The SMILES string of the molecule is O=c1c(Oc2ccc(-c3ccccc3)cc2)coc2cc(OCc3ccccc3)ccc12. The van der Waals surface area contributed by atoms with E-state index in [1.165, 1.54) is 6.26 Å². The molecular weight excluding hydrogens is 400 g/mol. The number of fused-ring (bicyclic) bond motifs is 1. The highest BCUT2D eigenvalue weighted by Crippen LogP contribution is 2.27. The average Bonchev–Trinajstić information content (AvgIpc) is 2.86. The predicted molar refractivity (Wildman–Crippen MR) is 125 cm³/mol. The molecule has 0 saturated heterocycles. The molecule has 0 fully saturated rings. The van der Waals surface area contributed by atoms with Crippen molar-refractivity contribution in [1.29, 1.82) is 0 Å². The summed E-state index contributed by atoms with van der Waals surface area (Å²) in [6, 6.07) is 32.8. The van der Waals surface area contributed by atoms with Gasteiger partial charge in [0.1, 0.15) is 30.0 Å². The monoisotopic (exact) mass is 420 g/mol. The van der Waals surface area contributed by atoms with Gasteiger partial charge in [-0.25, -0.2) is 0 Å². The smallest absolute Gasteiger partial charge is 0.235 e. The number of rotatable bonds is 6. The minimum Gasteiger partial charge on any atom is -0.489 e. The fraction of sp³-hybridized carbons (Fsp3) is 0.0357. The summed E-state index contributed by atoms with van der Waals surface area (Å²) in [5.41, 5.74) is 3.48. The van der Waals surface area contributed by atoms with Crippen LogP contribution in [0.3, 0.4) is 0 Å². The quantitative estimate of drug-likeness (QED) is 0.302. The van der Waals surface area contributed by atoms with Gasteiger partial charge >= 0.3 is 0 Å². The molecule has 32 heavy (non-hydrogen) atoms. The molecule has 0 aliphatic heterocycles. The molecule has 0 aliphatic rings. The van der Waals surface area contributed by atoms with Crippen LogP contribution in [0.4, 0.5) is 0 Å². The second-order valence-corrected chi connectivity index (χ2v) is 7.35. The van der Waals surface area contributed by atoms with Crippen molar-refractivity contribution in [2.24, 2.45) is 0 Å². The molecule has 5 rings (SSSR count). The van der Waals surface area contributed by atoms with E-state index in [1.54, 1.807) is 18.2 Å². The fourth-order valence-corrected chi connectivity index (χ4v) is 3.47. The van der Waals surface area contributed by atoms with E-state index < -0.39 is 0 Å². The van der Waals surface area contributed by atoms with Crippen LogP contribution in [0.5, 0.6) is 17.2 Å². The number of hydrogen-bond donors (Lipinski definition) is 0. The Hall–Kier alpha value is -4.31. The van der Waals surface area contributed by atoms with Crippen molar-refractivity contribution in [2.45, 2.75) is 6.61 Å². The highest BCUT2D eigenvalue weighted by Gasteiger charge is 2.11. The third-order valence-corrected chi connectivity index (χ3v) is 5.15. The average molecular weight is 420 g/mol. The predicted octanol–water partition coefficient (Wildman–Crippen LogP) is 6.83. The Bertz CT molecular complexity index is 1390. The van der Waals surface area contributed by atoms with Crippen molar-refractivity contribution in [3.8, 4) is 28.4 Å². The van der Waals surface area contributed by atoms with Crippen LogP contribution in [0.25, 0.3) is 22.1 Å². The van der Waals surface area contributed by atoms with E-state index in [4.69, 9.17) is 13.9 Å². The Morgan fingerprint density at radius 1 is 0.688 bits per heavy atom. The second kappa shape index (κ2) is 8.82. The van der Waals surface area contributed by atoms with Crippen molar-refractivity contribution in [3.63, 3.8) is 0 Å². The second-order valence-electron chi connectivity index (χ2n) is 7.35. The molecule has 0 N–H and O–H groups in total. The van der Waals surface area contributed by atoms with Crippen molar-refractivity contribution < 1.29 is 13.9 Å². The molecule has 0 bridgehead atoms. The zero-order valence-electron chi connectivity index (χ0n) is 17.2. The first-order chi connectivity index (χ1) is 15.8. The first-order valence-corrected chi connectivity index (χ1v) is 10.3. The van der Waals surface area contributed by atoms with Gasteiger partial charge in [-0.1, -0.05) is 72.8 Å². The summed E-state index contributed by atoms with van der Waals surface area (Å²) < 4.78 is 17.3. The van der Waals surface area contributed by atoms with E-state index in [2.05, 4.69) is 0 Å². The van der Waals surface area contributed by atoms with Gasteiger partial charge in [-0.15, -0.1) is 0 Å². The van der Waals surface area contributed by atoms with Crippen LogP contribution in [-0.2, 0) is 6.61 Å². The molecule has 4 heteroatoms. The van der Waals surface area contributed by atoms with E-state index in [0.29, 0.717) is 29.1 Å². The first kappa shape index (κ1) is 19.6. The lowest BCUT2D eigenvalue weighted by atomic mass is 10.1. The van der Waals surface area contributed by atoms with Gasteiger partial charge in [0.05, 0.1) is 5.39 Å². The van der Waals surface area contributed by atoms with Crippen molar-refractivity contribution in [1.82, 2.24) is 0 Å². The first-order valence-electron chi connectivity index (χ1n) is 10.3. The summed E-state index contributed by atoms with van der Waals surface area (Å²) in [5, 5.41) is 0.440. The summed E-state index contributed by atoms with van der Waals surface area (Å²) in [4.78, 5) is 12.9. The standard InChI is InChI=1S/C28H20O4/c29-28-25-16-15-24(30-18-20-7-3-1-4-8-20)17-26(25)31-19-27(28)32-23-13-11-22(12-14-23)21-9-5-2-6-10-21/h1-17,19H,18H2. The van der Waals surface area contributed by atoms with Crippen LogP contribution in [0.1, 0.15) is 5.56 Å². The van der Waals surface area contributed by atoms with Gasteiger partial charge in [0.2, 0.25) is 11.2 Å². The van der Waals surface area contributed by atoms with E-state index in [-0.39, 0.29) is 11.2 Å². The Kier molecular flexibility index (Phi) is 5.41. The minimum absolute atomic E-state index is 0.142. The van der Waals surface area contributed by atoms with E-state index in [1.807, 2.05) is 84.9 Å². The van der Waals surface area contributed by atoms with Gasteiger partial charge in [-0.05, 0) is 41.0 Å². The molecule has 0 atom stereocenters. The summed E-state index contributed by atoms with van der Waals surface area (Å²) in [6.45, 7) is 0.441. The number of ether oxygens (including phenoxy) is 2. The Labute approximate surface area is 185 Å². The van der Waals surface area contributed by atoms with Gasteiger partial charge in [-0.2, -0.15) is 0 Å². The molecule has 4 aromatic carbocycles. The maximum atomic E-state index is 12.9. The topological polar surface area (TPSA) is 48.7 Å². The van der Waals surface area contributed by atoms with Gasteiger partial charge in [-0.3, -0.25) is 4.79 Å². The van der Waals surface area contributed by atoms with Crippen LogP contribution in [0.15, 0.2) is 119 Å². The van der Waals surface area contributed by atoms with Gasteiger partial charge in [0.25, 0.3) is 0 Å². The van der Waals surface area contributed by atoms with Crippen LogP contribution < -0.4 is 14.9 Å². The summed E-state index contributed by atoms with van der Waals surface area (Å²) in [6.07, 6.45) is 1.34. The minimum atomic E-state index is -0.229.